The van der Waals surface area contributed by atoms with Gasteiger partial charge >= 0.3 is 11.5 Å². The zero-order valence-electron chi connectivity index (χ0n) is 10.9. The summed E-state index contributed by atoms with van der Waals surface area (Å²) in [7, 11) is 0. The Bertz CT molecular complexity index is 353. The van der Waals surface area contributed by atoms with Crippen molar-refractivity contribution >= 4 is 17.9 Å². The Hall–Kier alpha value is -0.470. The molecule has 20 heavy (non-hydrogen) atoms. The van der Waals surface area contributed by atoms with Gasteiger partial charge in [-0.25, -0.2) is 0 Å². The first kappa shape index (κ1) is 15.9. The molecule has 0 saturated heterocycles. The smallest absolute Gasteiger partial charge is 0.455 e. The highest BCUT2D eigenvalue weighted by Crippen LogP contribution is 2.49. The number of alkyl halides is 3. The Morgan fingerprint density at radius 3 is 2.65 bits per heavy atom. The molecule has 0 spiro atoms. The van der Waals surface area contributed by atoms with Crippen molar-refractivity contribution < 1.29 is 22.7 Å². The minimum absolute atomic E-state index is 0.217. The maximum atomic E-state index is 11.9. The molecule has 2 rings (SSSR count). The Kier molecular flexibility index (Phi) is 5.19. The second-order valence-electron chi connectivity index (χ2n) is 5.45. The number of rotatable bonds is 6. The summed E-state index contributed by atoms with van der Waals surface area (Å²) in [5.41, 5.74) is -4.60. The van der Waals surface area contributed by atoms with Gasteiger partial charge in [0.05, 0.1) is 0 Å². The molecule has 0 aromatic rings. The van der Waals surface area contributed by atoms with Crippen molar-refractivity contribution in [1.82, 2.24) is 4.47 Å². The molecule has 2 unspecified atom stereocenters. The molecule has 116 valence electrons. The normalized spacial score (nSPS) is 29.1. The van der Waals surface area contributed by atoms with E-state index in [2.05, 4.69) is 0 Å². The third-order valence-electron chi connectivity index (χ3n) is 4.06. The molecule has 0 aliphatic heterocycles. The number of hydrogen-bond donors (Lipinski definition) is 0. The van der Waals surface area contributed by atoms with Gasteiger partial charge in [0.15, 0.2) is 0 Å². The van der Waals surface area contributed by atoms with Gasteiger partial charge < -0.3 is 14.4 Å². The molecule has 0 heterocycles. The fourth-order valence-electron chi connectivity index (χ4n) is 3.29. The Morgan fingerprint density at radius 2 is 2.10 bits per heavy atom. The number of hydrogen-bond acceptors (Lipinski definition) is 5. The first-order valence-corrected chi connectivity index (χ1v) is 7.47. The van der Waals surface area contributed by atoms with Crippen LogP contribution in [0.1, 0.15) is 32.1 Å². The van der Waals surface area contributed by atoms with Crippen LogP contribution in [0, 0.1) is 23.0 Å². The average Bonchev–Trinajstić information content (AvgIpc) is 2.88. The van der Waals surface area contributed by atoms with Crippen LogP contribution >= 0.6 is 11.9 Å². The second-order valence-corrected chi connectivity index (χ2v) is 6.51. The quantitative estimate of drug-likeness (QED) is 0.428. The minimum atomic E-state index is -4.60. The van der Waals surface area contributed by atoms with E-state index in [4.69, 9.17) is 4.74 Å². The second kappa shape index (κ2) is 6.53. The van der Waals surface area contributed by atoms with Crippen LogP contribution < -0.4 is 0 Å². The molecule has 0 aromatic heterocycles. The standard InChI is InChI=1S/C12H17F3NO3S/c13-12(14,15)20-16(18)3-4-19-11(17)7-10-6-8-1-2-9(10)5-8/h8-10H,1-7H2/q-1/t8-,9?,10?/m1/s1. The van der Waals surface area contributed by atoms with Crippen LogP contribution in [-0.4, -0.2) is 29.1 Å². The van der Waals surface area contributed by atoms with E-state index >= 15 is 0 Å². The number of esters is 1. The number of ether oxygens (including phenoxy) is 1. The molecule has 8 heteroatoms. The molecular formula is C12H17F3NO3S-. The van der Waals surface area contributed by atoms with E-state index in [0.717, 1.165) is 12.3 Å². The third kappa shape index (κ3) is 4.82. The van der Waals surface area contributed by atoms with Crippen molar-refractivity contribution in [3.63, 3.8) is 0 Å². The number of fused-ring (bicyclic) bond motifs is 2. The highest BCUT2D eigenvalue weighted by molar-refractivity contribution is 7.97. The molecule has 2 aliphatic rings. The van der Waals surface area contributed by atoms with Gasteiger partial charge in [-0.1, -0.05) is 6.42 Å². The minimum Gasteiger partial charge on any atom is -0.775 e. The van der Waals surface area contributed by atoms with Crippen molar-refractivity contribution in [2.45, 2.75) is 37.6 Å². The molecule has 0 radical (unpaired) electrons. The Labute approximate surface area is 119 Å². The number of hydroxylamine groups is 1. The van der Waals surface area contributed by atoms with Crippen LogP contribution in [0.4, 0.5) is 13.2 Å². The van der Waals surface area contributed by atoms with Gasteiger partial charge in [0.25, 0.3) is 0 Å². The highest BCUT2D eigenvalue weighted by Gasteiger charge is 2.40. The fraction of sp³-hybridized carbons (Fsp3) is 0.917. The zero-order chi connectivity index (χ0) is 14.8. The molecule has 2 bridgehead atoms. The fourth-order valence-corrected chi connectivity index (χ4v) is 3.69. The third-order valence-corrected chi connectivity index (χ3v) is 4.65. The summed E-state index contributed by atoms with van der Waals surface area (Å²) in [6.07, 6.45) is 4.98. The molecule has 3 atom stereocenters. The van der Waals surface area contributed by atoms with Crippen LogP contribution in [0.2, 0.25) is 0 Å². The van der Waals surface area contributed by atoms with Gasteiger partial charge in [-0.3, -0.25) is 4.79 Å². The molecule has 0 amide bonds. The van der Waals surface area contributed by atoms with E-state index in [9.17, 15) is 23.2 Å². The van der Waals surface area contributed by atoms with E-state index in [1.807, 2.05) is 0 Å². The summed E-state index contributed by atoms with van der Waals surface area (Å²) in [5, 5.41) is 10.9. The molecular weight excluding hydrogens is 295 g/mol. The molecule has 0 N–H and O–H groups in total. The van der Waals surface area contributed by atoms with Crippen LogP contribution in [0.3, 0.4) is 0 Å². The summed E-state index contributed by atoms with van der Waals surface area (Å²) in [6.45, 7) is -0.779. The molecule has 0 aromatic carbocycles. The van der Waals surface area contributed by atoms with Gasteiger partial charge in [-0.05, 0) is 37.0 Å². The van der Waals surface area contributed by atoms with Crippen LogP contribution in [0.25, 0.3) is 0 Å². The lowest BCUT2D eigenvalue weighted by atomic mass is 9.86. The monoisotopic (exact) mass is 312 g/mol. The van der Waals surface area contributed by atoms with Gasteiger partial charge in [-0.15, -0.1) is 0 Å². The van der Waals surface area contributed by atoms with E-state index < -0.39 is 30.0 Å². The van der Waals surface area contributed by atoms with Crippen molar-refractivity contribution in [1.29, 1.82) is 0 Å². The number of carbonyl (C=O) groups excluding carboxylic acids is 1. The summed E-state index contributed by atoms with van der Waals surface area (Å²) in [4.78, 5) is 11.6. The average molecular weight is 312 g/mol. The molecule has 4 nitrogen and oxygen atoms in total. The largest absolute Gasteiger partial charge is 0.775 e. The SMILES string of the molecule is O=C(CC1C[C@@H]2CCC1C2)OCCN([O-])SC(F)(F)F. The van der Waals surface area contributed by atoms with Crippen LogP contribution in [-0.2, 0) is 9.53 Å². The molecule has 2 saturated carbocycles. The van der Waals surface area contributed by atoms with Gasteiger partial charge in [0.2, 0.25) is 0 Å². The van der Waals surface area contributed by atoms with E-state index in [0.29, 0.717) is 18.3 Å². The first-order chi connectivity index (χ1) is 9.33. The Balaban J connectivity index is 1.59. The molecule has 2 fully saturated rings. The van der Waals surface area contributed by atoms with Crippen LogP contribution in [0.5, 0.6) is 0 Å². The summed E-state index contributed by atoms with van der Waals surface area (Å²) in [6, 6.07) is 0. The topological polar surface area (TPSA) is 52.6 Å². The van der Waals surface area contributed by atoms with Gasteiger partial charge in [0.1, 0.15) is 6.61 Å². The van der Waals surface area contributed by atoms with Gasteiger partial charge in [-0.2, -0.15) is 13.2 Å². The van der Waals surface area contributed by atoms with Crippen molar-refractivity contribution in [3.8, 4) is 0 Å². The van der Waals surface area contributed by atoms with Crippen LogP contribution in [0.15, 0.2) is 0 Å². The van der Waals surface area contributed by atoms with E-state index in [-0.39, 0.29) is 11.1 Å². The maximum absolute atomic E-state index is 11.9. The van der Waals surface area contributed by atoms with Gasteiger partial charge in [0, 0.05) is 24.9 Å². The van der Waals surface area contributed by atoms with E-state index in [1.54, 1.807) is 0 Å². The Morgan fingerprint density at radius 1 is 1.35 bits per heavy atom. The summed E-state index contributed by atoms with van der Waals surface area (Å²) in [5.74, 6) is 1.28. The predicted octanol–water partition coefficient (Wildman–Crippen LogP) is 3.32. The number of nitrogens with zero attached hydrogens (tertiary/aromatic N) is 1. The maximum Gasteiger partial charge on any atom is 0.455 e. The molecule has 2 aliphatic carbocycles. The summed E-state index contributed by atoms with van der Waals surface area (Å²) < 4.78 is 40.2. The lowest BCUT2D eigenvalue weighted by Crippen LogP contribution is -2.22. The highest BCUT2D eigenvalue weighted by atomic mass is 32.2. The van der Waals surface area contributed by atoms with E-state index in [1.165, 1.54) is 19.3 Å². The zero-order valence-corrected chi connectivity index (χ0v) is 11.7. The first-order valence-electron chi connectivity index (χ1n) is 6.69. The van der Waals surface area contributed by atoms with Crippen molar-refractivity contribution in [2.24, 2.45) is 17.8 Å². The lowest BCUT2D eigenvalue weighted by Gasteiger charge is -2.27. The van der Waals surface area contributed by atoms with Crippen molar-refractivity contribution in [3.05, 3.63) is 5.21 Å². The predicted molar refractivity (Wildman–Crippen MR) is 68.2 cm³/mol. The number of halogens is 3. The lowest BCUT2D eigenvalue weighted by molar-refractivity contribution is -0.145. The van der Waals surface area contributed by atoms with Crippen molar-refractivity contribution in [2.75, 3.05) is 13.2 Å². The number of carbonyl (C=O) groups is 1. The summed E-state index contributed by atoms with van der Waals surface area (Å²) >= 11 is -0.762.